The van der Waals surface area contributed by atoms with E-state index in [0.29, 0.717) is 19.3 Å². The summed E-state index contributed by atoms with van der Waals surface area (Å²) in [7, 11) is -3.61. The SMILES string of the molecule is Cc1ccc(S(=O)(=O)NCC[C@@H]2CC[C@H](NC(=O)Nc3ccccc3F)[C@@H](CO)O2)cc1. The standard InChI is InChI=1S/C22H28FN3O5S/c1-15-6-9-17(10-7-15)32(29,30)24-13-12-16-8-11-20(21(14-27)31-16)26-22(28)25-19-5-3-2-4-18(19)23/h2-7,9-10,16,20-21,24,27H,8,11-14H2,1H3,(H2,25,26,28)/t16-,20-,21+/m0/s1. The van der Waals surface area contributed by atoms with Crippen LogP contribution >= 0.6 is 0 Å². The van der Waals surface area contributed by atoms with Gasteiger partial charge in [-0.05, 0) is 50.5 Å². The molecule has 8 nitrogen and oxygen atoms in total. The minimum Gasteiger partial charge on any atom is -0.394 e. The molecule has 0 spiro atoms. The maximum atomic E-state index is 13.7. The van der Waals surface area contributed by atoms with Gasteiger partial charge in [-0.25, -0.2) is 22.3 Å². The zero-order valence-electron chi connectivity index (χ0n) is 17.8. The Hall–Kier alpha value is -2.53. The molecule has 174 valence electrons. The number of rotatable bonds is 8. The van der Waals surface area contributed by atoms with Crippen molar-refractivity contribution in [2.45, 2.75) is 49.3 Å². The third-order valence-corrected chi connectivity index (χ3v) is 6.80. The number of ether oxygens (including phenoxy) is 1. The van der Waals surface area contributed by atoms with Crippen molar-refractivity contribution in [2.75, 3.05) is 18.5 Å². The van der Waals surface area contributed by atoms with E-state index >= 15 is 0 Å². The fraction of sp³-hybridized carbons (Fsp3) is 0.409. The zero-order chi connectivity index (χ0) is 23.1. The number of halogens is 1. The first kappa shape index (κ1) is 24.1. The van der Waals surface area contributed by atoms with Crippen molar-refractivity contribution >= 4 is 21.7 Å². The Morgan fingerprint density at radius 1 is 1.16 bits per heavy atom. The fourth-order valence-electron chi connectivity index (χ4n) is 3.55. The lowest BCUT2D eigenvalue weighted by atomic mass is 9.97. The first-order chi connectivity index (χ1) is 15.3. The van der Waals surface area contributed by atoms with Crippen LogP contribution in [0.2, 0.25) is 0 Å². The fourth-order valence-corrected chi connectivity index (χ4v) is 4.60. The van der Waals surface area contributed by atoms with Crippen LogP contribution in [0.15, 0.2) is 53.4 Å². The number of hydrogen-bond donors (Lipinski definition) is 4. The minimum atomic E-state index is -3.61. The molecule has 2 aromatic carbocycles. The number of aryl methyl sites for hydroxylation is 1. The van der Waals surface area contributed by atoms with Crippen LogP contribution in [-0.2, 0) is 14.8 Å². The number of aliphatic hydroxyl groups excluding tert-OH is 1. The van der Waals surface area contributed by atoms with E-state index in [0.717, 1.165) is 5.56 Å². The topological polar surface area (TPSA) is 117 Å². The molecule has 10 heteroatoms. The van der Waals surface area contributed by atoms with Crippen LogP contribution in [0.3, 0.4) is 0 Å². The first-order valence-corrected chi connectivity index (χ1v) is 11.9. The molecule has 0 radical (unpaired) electrons. The number of amides is 2. The maximum absolute atomic E-state index is 13.7. The van der Waals surface area contributed by atoms with E-state index in [2.05, 4.69) is 15.4 Å². The first-order valence-electron chi connectivity index (χ1n) is 10.4. The van der Waals surface area contributed by atoms with E-state index in [4.69, 9.17) is 4.74 Å². The van der Waals surface area contributed by atoms with Crippen molar-refractivity contribution in [3.63, 3.8) is 0 Å². The number of sulfonamides is 1. The van der Waals surface area contributed by atoms with Crippen LogP contribution in [0.5, 0.6) is 0 Å². The summed E-state index contributed by atoms with van der Waals surface area (Å²) in [5, 5.41) is 14.8. The van der Waals surface area contributed by atoms with Gasteiger partial charge in [-0.1, -0.05) is 29.8 Å². The Labute approximate surface area is 187 Å². The predicted octanol–water partition coefficient (Wildman–Crippen LogP) is 2.53. The van der Waals surface area contributed by atoms with Gasteiger partial charge in [0.25, 0.3) is 0 Å². The molecule has 3 atom stereocenters. The molecule has 1 aliphatic heterocycles. The van der Waals surface area contributed by atoms with Crippen molar-refractivity contribution in [3.8, 4) is 0 Å². The van der Waals surface area contributed by atoms with E-state index in [-0.39, 0.29) is 29.8 Å². The van der Waals surface area contributed by atoms with Gasteiger partial charge in [-0.2, -0.15) is 0 Å². The summed E-state index contributed by atoms with van der Waals surface area (Å²) >= 11 is 0. The number of carbonyl (C=O) groups excluding carboxylic acids is 1. The number of nitrogens with one attached hydrogen (secondary N) is 3. The molecule has 0 unspecified atom stereocenters. The van der Waals surface area contributed by atoms with Gasteiger partial charge in [-0.3, -0.25) is 0 Å². The lowest BCUT2D eigenvalue weighted by molar-refractivity contribution is -0.0884. The number of carbonyl (C=O) groups is 1. The number of urea groups is 1. The monoisotopic (exact) mass is 465 g/mol. The second-order valence-corrected chi connectivity index (χ2v) is 9.51. The normalized spacial score (nSPS) is 21.2. The van der Waals surface area contributed by atoms with Crippen LogP contribution in [0.25, 0.3) is 0 Å². The Bertz CT molecular complexity index is 1020. The van der Waals surface area contributed by atoms with Crippen molar-refractivity contribution in [1.29, 1.82) is 0 Å². The number of para-hydroxylation sites is 1. The molecular formula is C22H28FN3O5S. The smallest absolute Gasteiger partial charge is 0.319 e. The highest BCUT2D eigenvalue weighted by Crippen LogP contribution is 2.22. The average Bonchev–Trinajstić information content (AvgIpc) is 2.76. The number of hydrogen-bond acceptors (Lipinski definition) is 5. The molecule has 0 aromatic heterocycles. The molecule has 0 bridgehead atoms. The molecule has 3 rings (SSSR count). The lowest BCUT2D eigenvalue weighted by Gasteiger charge is -2.36. The van der Waals surface area contributed by atoms with Gasteiger partial charge in [0.15, 0.2) is 0 Å². The van der Waals surface area contributed by atoms with Crippen molar-refractivity contribution in [1.82, 2.24) is 10.0 Å². The Kier molecular flexibility index (Phi) is 8.19. The highest BCUT2D eigenvalue weighted by Gasteiger charge is 2.32. The summed E-state index contributed by atoms with van der Waals surface area (Å²) in [6.45, 7) is 1.76. The third-order valence-electron chi connectivity index (χ3n) is 5.32. The number of benzene rings is 2. The summed E-state index contributed by atoms with van der Waals surface area (Å²) < 4.78 is 46.9. The van der Waals surface area contributed by atoms with Crippen molar-refractivity contribution in [3.05, 3.63) is 59.9 Å². The molecule has 4 N–H and O–H groups in total. The average molecular weight is 466 g/mol. The second kappa shape index (κ2) is 10.9. The van der Waals surface area contributed by atoms with E-state index in [1.807, 2.05) is 6.92 Å². The zero-order valence-corrected chi connectivity index (χ0v) is 18.6. The molecule has 2 aromatic rings. The van der Waals surface area contributed by atoms with Crippen LogP contribution < -0.4 is 15.4 Å². The number of anilines is 1. The summed E-state index contributed by atoms with van der Waals surface area (Å²) in [4.78, 5) is 12.4. The van der Waals surface area contributed by atoms with Gasteiger partial charge >= 0.3 is 6.03 Å². The lowest BCUT2D eigenvalue weighted by Crippen LogP contribution is -2.52. The molecule has 0 saturated carbocycles. The maximum Gasteiger partial charge on any atom is 0.319 e. The molecule has 1 saturated heterocycles. The molecule has 1 aliphatic rings. The highest BCUT2D eigenvalue weighted by molar-refractivity contribution is 7.89. The highest BCUT2D eigenvalue weighted by atomic mass is 32.2. The molecule has 32 heavy (non-hydrogen) atoms. The summed E-state index contributed by atoms with van der Waals surface area (Å²) in [5.41, 5.74) is 1.03. The van der Waals surface area contributed by atoms with Crippen molar-refractivity contribution < 1.29 is 27.4 Å². The van der Waals surface area contributed by atoms with Gasteiger partial charge in [0.1, 0.15) is 11.9 Å². The Morgan fingerprint density at radius 2 is 1.88 bits per heavy atom. The molecule has 0 aliphatic carbocycles. The Balaban J connectivity index is 1.47. The number of aliphatic hydroxyl groups is 1. The van der Waals surface area contributed by atoms with E-state index < -0.39 is 34.0 Å². The summed E-state index contributed by atoms with van der Waals surface area (Å²) in [6, 6.07) is 11.4. The molecular weight excluding hydrogens is 437 g/mol. The van der Waals surface area contributed by atoms with E-state index in [9.17, 15) is 22.7 Å². The van der Waals surface area contributed by atoms with E-state index in [1.165, 1.54) is 18.2 Å². The quantitative estimate of drug-likeness (QED) is 0.478. The van der Waals surface area contributed by atoms with Gasteiger partial charge in [0.2, 0.25) is 10.0 Å². The largest absolute Gasteiger partial charge is 0.394 e. The third kappa shape index (κ3) is 6.49. The van der Waals surface area contributed by atoms with Gasteiger partial charge in [-0.15, -0.1) is 0 Å². The van der Waals surface area contributed by atoms with Gasteiger partial charge < -0.3 is 20.5 Å². The summed E-state index contributed by atoms with van der Waals surface area (Å²) in [5.74, 6) is -0.547. The molecule has 1 fully saturated rings. The van der Waals surface area contributed by atoms with Crippen LogP contribution in [-0.4, -0.2) is 51.0 Å². The van der Waals surface area contributed by atoms with Crippen LogP contribution in [0.4, 0.5) is 14.9 Å². The van der Waals surface area contributed by atoms with Gasteiger partial charge in [0.05, 0.1) is 29.3 Å². The predicted molar refractivity (Wildman–Crippen MR) is 118 cm³/mol. The minimum absolute atomic E-state index is 0.0565. The second-order valence-electron chi connectivity index (χ2n) is 7.74. The van der Waals surface area contributed by atoms with Crippen LogP contribution in [0.1, 0.15) is 24.8 Å². The molecule has 2 amide bonds. The van der Waals surface area contributed by atoms with Crippen molar-refractivity contribution in [2.24, 2.45) is 0 Å². The molecule has 1 heterocycles. The Morgan fingerprint density at radius 3 is 2.56 bits per heavy atom. The van der Waals surface area contributed by atoms with Crippen LogP contribution in [0, 0.1) is 12.7 Å². The summed E-state index contributed by atoms with van der Waals surface area (Å²) in [6.07, 6.45) is 0.628. The van der Waals surface area contributed by atoms with E-state index in [1.54, 1.807) is 30.3 Å². The van der Waals surface area contributed by atoms with Gasteiger partial charge in [0, 0.05) is 6.54 Å².